The summed E-state index contributed by atoms with van der Waals surface area (Å²) in [5, 5.41) is 4.15. The number of H-pyrrole nitrogens is 1. The summed E-state index contributed by atoms with van der Waals surface area (Å²) >= 11 is 0. The number of benzene rings is 2. The number of aromatic nitrogens is 1. The maximum Gasteiger partial charge on any atom is 0.240 e. The van der Waals surface area contributed by atoms with Crippen LogP contribution < -0.4 is 10.2 Å². The highest BCUT2D eigenvalue weighted by atomic mass is 16.2. The van der Waals surface area contributed by atoms with Crippen molar-refractivity contribution in [2.45, 2.75) is 40.0 Å². The monoisotopic (exact) mass is 391 g/mol. The summed E-state index contributed by atoms with van der Waals surface area (Å²) in [5.74, 6) is -0.264. The van der Waals surface area contributed by atoms with Crippen LogP contribution in [0.4, 0.5) is 5.69 Å². The zero-order valence-electron chi connectivity index (χ0n) is 17.4. The van der Waals surface area contributed by atoms with E-state index in [4.69, 9.17) is 0 Å². The van der Waals surface area contributed by atoms with Crippen LogP contribution in [0.25, 0.3) is 10.9 Å². The first kappa shape index (κ1) is 20.6. The van der Waals surface area contributed by atoms with Gasteiger partial charge in [0.25, 0.3) is 0 Å². The molecule has 1 heterocycles. The number of aryl methyl sites for hydroxylation is 2. The van der Waals surface area contributed by atoms with Gasteiger partial charge in [-0.25, -0.2) is 0 Å². The Kier molecular flexibility index (Phi) is 6.70. The molecule has 29 heavy (non-hydrogen) atoms. The number of nitrogens with zero attached hydrogens (tertiary/aromatic N) is 1. The summed E-state index contributed by atoms with van der Waals surface area (Å²) in [6.45, 7) is 6.22. The van der Waals surface area contributed by atoms with Crippen LogP contribution in [0.1, 0.15) is 37.5 Å². The number of amides is 2. The molecule has 0 atom stereocenters. The van der Waals surface area contributed by atoms with Crippen molar-refractivity contribution in [3.05, 3.63) is 65.4 Å². The van der Waals surface area contributed by atoms with Crippen LogP contribution in [0.5, 0.6) is 0 Å². The van der Waals surface area contributed by atoms with Crippen molar-refractivity contribution in [2.24, 2.45) is 0 Å². The number of aromatic amines is 1. The van der Waals surface area contributed by atoms with Crippen LogP contribution in [0.15, 0.2) is 48.7 Å². The Bertz CT molecular complexity index is 984. The fourth-order valence-electron chi connectivity index (χ4n) is 3.78. The Hall–Kier alpha value is -3.08. The van der Waals surface area contributed by atoms with Gasteiger partial charge in [-0.15, -0.1) is 0 Å². The van der Waals surface area contributed by atoms with Gasteiger partial charge in [0.05, 0.1) is 5.69 Å². The number of anilines is 1. The van der Waals surface area contributed by atoms with Gasteiger partial charge in [0, 0.05) is 30.6 Å². The molecule has 0 radical (unpaired) electrons. The van der Waals surface area contributed by atoms with Gasteiger partial charge < -0.3 is 15.2 Å². The molecule has 5 heteroatoms. The molecule has 0 saturated heterocycles. The lowest BCUT2D eigenvalue weighted by Crippen LogP contribution is -2.41. The quantitative estimate of drug-likeness (QED) is 0.609. The van der Waals surface area contributed by atoms with Gasteiger partial charge in [0.2, 0.25) is 11.8 Å². The molecule has 0 unspecified atom stereocenters. The largest absolute Gasteiger partial charge is 0.361 e. The van der Waals surface area contributed by atoms with Crippen molar-refractivity contribution in [3.63, 3.8) is 0 Å². The Morgan fingerprint density at radius 1 is 0.966 bits per heavy atom. The number of nitrogens with one attached hydrogen (secondary N) is 2. The Morgan fingerprint density at radius 2 is 1.66 bits per heavy atom. The first-order valence-corrected chi connectivity index (χ1v) is 10.3. The molecule has 0 aliphatic heterocycles. The predicted octanol–water partition coefficient (Wildman–Crippen LogP) is 4.00. The van der Waals surface area contributed by atoms with Crippen LogP contribution >= 0.6 is 0 Å². The van der Waals surface area contributed by atoms with Crippen LogP contribution in [0, 0.1) is 0 Å². The minimum Gasteiger partial charge on any atom is -0.361 e. The topological polar surface area (TPSA) is 65.2 Å². The van der Waals surface area contributed by atoms with Crippen molar-refractivity contribution in [1.29, 1.82) is 0 Å². The molecule has 3 rings (SSSR count). The number of para-hydroxylation sites is 2. The SMILES string of the molecule is CCc1cccc(CC)c1N(CC(=O)NCCc1c[nH]c2ccccc12)C(C)=O. The third-order valence-corrected chi connectivity index (χ3v) is 5.31. The number of hydrogen-bond acceptors (Lipinski definition) is 2. The molecule has 0 fully saturated rings. The normalized spacial score (nSPS) is 10.9. The van der Waals surface area contributed by atoms with Crippen LogP contribution in [-0.4, -0.2) is 29.9 Å². The lowest BCUT2D eigenvalue weighted by atomic mass is 10.0. The van der Waals surface area contributed by atoms with Crippen molar-refractivity contribution in [1.82, 2.24) is 10.3 Å². The first-order valence-electron chi connectivity index (χ1n) is 10.3. The highest BCUT2D eigenvalue weighted by Crippen LogP contribution is 2.27. The van der Waals surface area contributed by atoms with E-state index in [1.165, 1.54) is 17.9 Å². The Labute approximate surface area is 172 Å². The second kappa shape index (κ2) is 9.41. The van der Waals surface area contributed by atoms with Crippen LogP contribution in [0.3, 0.4) is 0 Å². The van der Waals surface area contributed by atoms with E-state index >= 15 is 0 Å². The van der Waals surface area contributed by atoms with Crippen molar-refractivity contribution < 1.29 is 9.59 Å². The maximum absolute atomic E-state index is 12.6. The van der Waals surface area contributed by atoms with Gasteiger partial charge in [-0.3, -0.25) is 9.59 Å². The minimum absolute atomic E-state index is 0.0350. The fraction of sp³-hybridized carbons (Fsp3) is 0.333. The molecule has 5 nitrogen and oxygen atoms in total. The average molecular weight is 392 g/mol. The third-order valence-electron chi connectivity index (χ3n) is 5.31. The molecule has 0 bridgehead atoms. The first-order chi connectivity index (χ1) is 14.0. The molecule has 0 saturated carbocycles. The number of carbonyl (C=O) groups excluding carboxylic acids is 2. The second-order valence-corrected chi connectivity index (χ2v) is 7.20. The molecular weight excluding hydrogens is 362 g/mol. The van der Waals surface area contributed by atoms with E-state index < -0.39 is 0 Å². The van der Waals surface area contributed by atoms with Gasteiger partial charge in [0.15, 0.2) is 0 Å². The Balaban J connectivity index is 1.67. The van der Waals surface area contributed by atoms with E-state index in [9.17, 15) is 9.59 Å². The standard InChI is InChI=1S/C24H29N3O2/c1-4-18-9-8-10-19(5-2)24(18)27(17(3)28)16-23(29)25-14-13-20-15-26-22-12-7-6-11-21(20)22/h6-12,15,26H,4-5,13-14,16H2,1-3H3,(H,25,29). The van der Waals surface area contributed by atoms with E-state index in [1.807, 2.05) is 42.6 Å². The summed E-state index contributed by atoms with van der Waals surface area (Å²) in [7, 11) is 0. The fourth-order valence-corrected chi connectivity index (χ4v) is 3.78. The maximum atomic E-state index is 12.6. The van der Waals surface area contributed by atoms with Gasteiger partial charge in [-0.05, 0) is 42.0 Å². The van der Waals surface area contributed by atoms with E-state index in [1.54, 1.807) is 4.90 Å². The highest BCUT2D eigenvalue weighted by molar-refractivity contribution is 5.98. The second-order valence-electron chi connectivity index (χ2n) is 7.20. The van der Waals surface area contributed by atoms with E-state index in [0.717, 1.165) is 41.6 Å². The summed E-state index contributed by atoms with van der Waals surface area (Å²) in [4.78, 5) is 29.8. The lowest BCUT2D eigenvalue weighted by molar-refractivity contribution is -0.123. The number of hydrogen-bond donors (Lipinski definition) is 2. The molecule has 2 aromatic carbocycles. The van der Waals surface area contributed by atoms with E-state index in [2.05, 4.69) is 30.2 Å². The van der Waals surface area contributed by atoms with Crippen molar-refractivity contribution in [3.8, 4) is 0 Å². The van der Waals surface area contributed by atoms with E-state index in [-0.39, 0.29) is 18.4 Å². The summed E-state index contributed by atoms with van der Waals surface area (Å²) in [6, 6.07) is 14.2. The van der Waals surface area contributed by atoms with Gasteiger partial charge >= 0.3 is 0 Å². The van der Waals surface area contributed by atoms with Gasteiger partial charge in [0.1, 0.15) is 6.54 Å². The van der Waals surface area contributed by atoms with Gasteiger partial charge in [-0.1, -0.05) is 50.2 Å². The zero-order chi connectivity index (χ0) is 20.8. The highest BCUT2D eigenvalue weighted by Gasteiger charge is 2.20. The molecule has 0 aliphatic carbocycles. The average Bonchev–Trinajstić information content (AvgIpc) is 3.14. The van der Waals surface area contributed by atoms with Crippen LogP contribution in [-0.2, 0) is 28.9 Å². The molecule has 1 aromatic heterocycles. The van der Waals surface area contributed by atoms with Crippen molar-refractivity contribution in [2.75, 3.05) is 18.0 Å². The molecule has 2 N–H and O–H groups in total. The summed E-state index contributed by atoms with van der Waals surface area (Å²) in [5.41, 5.74) is 5.34. The zero-order valence-corrected chi connectivity index (χ0v) is 17.4. The summed E-state index contributed by atoms with van der Waals surface area (Å²) in [6.07, 6.45) is 4.36. The predicted molar refractivity (Wildman–Crippen MR) is 118 cm³/mol. The molecule has 3 aromatic rings. The minimum atomic E-state index is -0.145. The molecular formula is C24H29N3O2. The third kappa shape index (κ3) is 4.67. The Morgan fingerprint density at radius 3 is 2.31 bits per heavy atom. The van der Waals surface area contributed by atoms with Gasteiger partial charge in [-0.2, -0.15) is 0 Å². The number of fused-ring (bicyclic) bond motifs is 1. The summed E-state index contributed by atoms with van der Waals surface area (Å²) < 4.78 is 0. The van der Waals surface area contributed by atoms with Crippen LogP contribution in [0.2, 0.25) is 0 Å². The molecule has 0 aliphatic rings. The lowest BCUT2D eigenvalue weighted by Gasteiger charge is -2.26. The molecule has 2 amide bonds. The molecule has 0 spiro atoms. The molecule has 152 valence electrons. The number of rotatable bonds is 8. The van der Waals surface area contributed by atoms with Crippen molar-refractivity contribution >= 4 is 28.4 Å². The number of carbonyl (C=O) groups is 2. The van der Waals surface area contributed by atoms with E-state index in [0.29, 0.717) is 6.54 Å². The smallest absolute Gasteiger partial charge is 0.240 e.